The first-order chi connectivity index (χ1) is 13.4. The van der Waals surface area contributed by atoms with Crippen LogP contribution in [0.1, 0.15) is 19.8 Å². The van der Waals surface area contributed by atoms with E-state index in [1.165, 1.54) is 15.9 Å². The third kappa shape index (κ3) is 3.92. The number of carboxylic acids is 1. The average molecular weight is 457 g/mol. The molecule has 0 aromatic heterocycles. The molecule has 4 heteroatoms. The molecular weight excluding hydrogens is 431 g/mol. The van der Waals surface area contributed by atoms with E-state index in [0.717, 1.165) is 12.6 Å². The maximum absolute atomic E-state index is 11.2. The Labute approximate surface area is 175 Å². The van der Waals surface area contributed by atoms with Crippen LogP contribution in [0.4, 0.5) is 0 Å². The van der Waals surface area contributed by atoms with E-state index in [4.69, 9.17) is 0 Å². The molecule has 0 spiro atoms. The quantitative estimate of drug-likeness (QED) is 0.465. The molecule has 0 heterocycles. The van der Waals surface area contributed by atoms with E-state index in [2.05, 4.69) is 88.3 Å². The number of halogens is 1. The van der Waals surface area contributed by atoms with Crippen LogP contribution >= 0.6 is 20.8 Å². The van der Waals surface area contributed by atoms with E-state index in [0.29, 0.717) is 0 Å². The molecule has 1 unspecified atom stereocenters. The van der Waals surface area contributed by atoms with Crippen molar-refractivity contribution in [3.8, 4) is 0 Å². The molecule has 0 radical (unpaired) electrons. The molecule has 3 rings (SSSR count). The molecule has 28 heavy (non-hydrogen) atoms. The fourth-order valence-electron chi connectivity index (χ4n) is 3.91. The summed E-state index contributed by atoms with van der Waals surface area (Å²) in [5, 5.41) is 10.1. The molecule has 0 aliphatic rings. The van der Waals surface area contributed by atoms with E-state index in [-0.39, 0.29) is 12.3 Å². The van der Waals surface area contributed by atoms with Crippen molar-refractivity contribution in [2.75, 3.05) is 6.16 Å². The predicted octanol–water partition coefficient (Wildman–Crippen LogP) is 5.33. The van der Waals surface area contributed by atoms with Crippen molar-refractivity contribution in [3.05, 3.63) is 91.0 Å². The van der Waals surface area contributed by atoms with Crippen molar-refractivity contribution < 1.29 is 9.90 Å². The van der Waals surface area contributed by atoms with E-state index in [1.807, 2.05) is 25.1 Å². The maximum atomic E-state index is 11.2. The summed E-state index contributed by atoms with van der Waals surface area (Å²) in [6.07, 6.45) is 1.89. The van der Waals surface area contributed by atoms with Gasteiger partial charge in [0.1, 0.15) is 0 Å². The van der Waals surface area contributed by atoms with Crippen molar-refractivity contribution in [1.82, 2.24) is 0 Å². The summed E-state index contributed by atoms with van der Waals surface area (Å²) in [6.45, 7) is 2.03. The van der Waals surface area contributed by atoms with Crippen LogP contribution in [0.3, 0.4) is 0 Å². The van der Waals surface area contributed by atoms with Gasteiger partial charge in [-0.25, -0.2) is 0 Å². The Morgan fingerprint density at radius 3 is 1.50 bits per heavy atom. The minimum atomic E-state index is -2.93. The molecule has 146 valence electrons. The minimum absolute atomic E-state index is 0.104. The van der Waals surface area contributed by atoms with Gasteiger partial charge in [0.2, 0.25) is 0 Å². The molecule has 3 aromatic rings. The number of hydrogen-bond acceptors (Lipinski definition) is 1. The Morgan fingerprint density at radius 2 is 1.18 bits per heavy atom. The van der Waals surface area contributed by atoms with Crippen LogP contribution in [0.15, 0.2) is 91.0 Å². The van der Waals surface area contributed by atoms with Crippen molar-refractivity contribution in [1.29, 1.82) is 0 Å². The van der Waals surface area contributed by atoms with Crippen LogP contribution in [0.25, 0.3) is 0 Å². The van der Waals surface area contributed by atoms with Crippen LogP contribution in [0.2, 0.25) is 0 Å². The molecule has 0 saturated carbocycles. The Bertz CT molecular complexity index is 814. The average Bonchev–Trinajstić information content (AvgIpc) is 2.74. The van der Waals surface area contributed by atoms with Crippen molar-refractivity contribution in [3.63, 3.8) is 0 Å². The van der Waals surface area contributed by atoms with Gasteiger partial charge in [0.15, 0.2) is 0 Å². The summed E-state index contributed by atoms with van der Waals surface area (Å²) >= 11 is 4.40. The molecule has 2 nitrogen and oxygen atoms in total. The first kappa shape index (κ1) is 20.8. The second-order valence-electron chi connectivity index (χ2n) is 7.40. The SMILES string of the molecule is CC(CCP(Br)(c1ccccc1)(c1ccccc1)c1ccccc1)CC(=O)O. The van der Waals surface area contributed by atoms with Gasteiger partial charge in [-0.1, -0.05) is 0 Å². The first-order valence-electron chi connectivity index (χ1n) is 9.56. The zero-order valence-electron chi connectivity index (χ0n) is 16.0. The Balaban J connectivity index is 2.23. The summed E-state index contributed by atoms with van der Waals surface area (Å²) in [5.74, 6) is -0.630. The van der Waals surface area contributed by atoms with Crippen LogP contribution in [0.5, 0.6) is 0 Å². The van der Waals surface area contributed by atoms with Crippen molar-refractivity contribution in [2.45, 2.75) is 19.8 Å². The summed E-state index contributed by atoms with van der Waals surface area (Å²) in [6, 6.07) is 31.9. The monoisotopic (exact) mass is 456 g/mol. The molecular formula is C24H26BrO2P. The first-order valence-corrected chi connectivity index (χ1v) is 14.0. The topological polar surface area (TPSA) is 37.3 Å². The molecule has 0 fully saturated rings. The standard InChI is InChI=1S/C24H26BrO2P/c1-20(19-24(26)27)17-18-28(25,21-11-5-2-6-12-21,22-13-7-3-8-14-22)23-15-9-4-10-16-23/h2-16,20H,17-19H2,1H3,(H,26,27). The predicted molar refractivity (Wildman–Crippen MR) is 125 cm³/mol. The van der Waals surface area contributed by atoms with Gasteiger partial charge in [-0.15, -0.1) is 0 Å². The molecule has 0 aliphatic carbocycles. The summed E-state index contributed by atoms with van der Waals surface area (Å²) in [5.41, 5.74) is 0. The number of carbonyl (C=O) groups is 1. The summed E-state index contributed by atoms with van der Waals surface area (Å²) in [7, 11) is 0. The number of carboxylic acid groups (broad SMARTS) is 1. The van der Waals surface area contributed by atoms with Gasteiger partial charge in [-0.05, 0) is 0 Å². The normalized spacial score (nSPS) is 14.0. The Kier molecular flexibility index (Phi) is 6.37. The van der Waals surface area contributed by atoms with Gasteiger partial charge in [-0.2, -0.15) is 0 Å². The second kappa shape index (κ2) is 8.59. The summed E-state index contributed by atoms with van der Waals surface area (Å²) < 4.78 is 0. The van der Waals surface area contributed by atoms with Gasteiger partial charge in [0.25, 0.3) is 0 Å². The van der Waals surface area contributed by atoms with E-state index < -0.39 is 11.3 Å². The molecule has 0 aliphatic heterocycles. The third-order valence-electron chi connectivity index (χ3n) is 5.45. The van der Waals surface area contributed by atoms with Crippen LogP contribution < -0.4 is 15.9 Å². The van der Waals surface area contributed by atoms with Crippen molar-refractivity contribution in [2.24, 2.45) is 5.92 Å². The number of benzene rings is 3. The van der Waals surface area contributed by atoms with Gasteiger partial charge in [0, 0.05) is 0 Å². The van der Waals surface area contributed by atoms with E-state index in [9.17, 15) is 9.90 Å². The molecule has 1 atom stereocenters. The zero-order chi connectivity index (χ0) is 20.1. The molecule has 0 saturated heterocycles. The second-order valence-corrected chi connectivity index (χ2v) is 16.5. The fourth-order valence-corrected chi connectivity index (χ4v) is 11.6. The molecule has 0 amide bonds. The Morgan fingerprint density at radius 1 is 0.821 bits per heavy atom. The van der Waals surface area contributed by atoms with E-state index >= 15 is 0 Å². The third-order valence-corrected chi connectivity index (χ3v) is 15.4. The van der Waals surface area contributed by atoms with E-state index in [1.54, 1.807) is 0 Å². The van der Waals surface area contributed by atoms with Crippen LogP contribution in [-0.4, -0.2) is 17.2 Å². The summed E-state index contributed by atoms with van der Waals surface area (Å²) in [4.78, 5) is 11.2. The number of hydrogen-bond donors (Lipinski definition) is 1. The number of rotatable bonds is 8. The van der Waals surface area contributed by atoms with Crippen LogP contribution in [-0.2, 0) is 4.79 Å². The Hall–Kier alpha value is -1.96. The molecule has 0 bridgehead atoms. The van der Waals surface area contributed by atoms with Gasteiger partial charge >= 0.3 is 175 Å². The molecule has 3 aromatic carbocycles. The van der Waals surface area contributed by atoms with Gasteiger partial charge in [-0.3, -0.25) is 0 Å². The number of aliphatic carboxylic acids is 1. The molecule has 1 N–H and O–H groups in total. The zero-order valence-corrected chi connectivity index (χ0v) is 18.5. The van der Waals surface area contributed by atoms with Gasteiger partial charge in [0.05, 0.1) is 0 Å². The van der Waals surface area contributed by atoms with Gasteiger partial charge < -0.3 is 0 Å². The van der Waals surface area contributed by atoms with Crippen molar-refractivity contribution >= 4 is 42.7 Å². The fraction of sp³-hybridized carbons (Fsp3) is 0.208. The van der Waals surface area contributed by atoms with Crippen LogP contribution in [0, 0.1) is 5.92 Å².